The zero-order valence-corrected chi connectivity index (χ0v) is 8.58. The van der Waals surface area contributed by atoms with Crippen LogP contribution in [0.25, 0.3) is 0 Å². The Kier molecular flexibility index (Phi) is 2.73. The van der Waals surface area contributed by atoms with E-state index in [0.29, 0.717) is 12.3 Å². The van der Waals surface area contributed by atoms with Gasteiger partial charge in [0.2, 0.25) is 0 Å². The average Bonchev–Trinajstić information content (AvgIpc) is 2.21. The van der Waals surface area contributed by atoms with E-state index in [-0.39, 0.29) is 5.82 Å². The Morgan fingerprint density at radius 2 is 2.07 bits per heavy atom. The van der Waals surface area contributed by atoms with Gasteiger partial charge in [-0.3, -0.25) is 0 Å². The molecule has 1 aliphatic heterocycles. The Morgan fingerprint density at radius 3 is 2.64 bits per heavy atom. The van der Waals surface area contributed by atoms with Gasteiger partial charge >= 0.3 is 7.80 Å². The van der Waals surface area contributed by atoms with Crippen LogP contribution in [0, 0.1) is 5.82 Å². The summed E-state index contributed by atoms with van der Waals surface area (Å²) in [4.78, 5) is 6.02. The fourth-order valence-corrected chi connectivity index (χ4v) is 2.62. The molecule has 1 aromatic rings. The Morgan fingerprint density at radius 1 is 1.36 bits per heavy atom. The topological polar surface area (TPSA) is 33.2 Å². The number of anilines is 1. The minimum Gasteiger partial charge on any atom is -0.348 e. The van der Waals surface area contributed by atoms with E-state index in [4.69, 9.17) is 0 Å². The number of hydrogen-bond acceptors (Lipinski definition) is 3. The molecule has 3 nitrogen and oxygen atoms in total. The van der Waals surface area contributed by atoms with Gasteiger partial charge in [-0.2, -0.15) is 0 Å². The highest BCUT2D eigenvalue weighted by molar-refractivity contribution is 7.44. The molecule has 0 radical (unpaired) electrons. The highest BCUT2D eigenvalue weighted by Crippen LogP contribution is 2.26. The highest BCUT2D eigenvalue weighted by atomic mass is 31.1. The van der Waals surface area contributed by atoms with Crippen molar-refractivity contribution in [3.63, 3.8) is 0 Å². The normalized spacial score (nSPS) is 17.2. The van der Waals surface area contributed by atoms with Crippen LogP contribution in [-0.2, 0) is 4.57 Å². The molecule has 0 amide bonds. The van der Waals surface area contributed by atoms with Crippen LogP contribution in [0.3, 0.4) is 0 Å². The van der Waals surface area contributed by atoms with Crippen molar-refractivity contribution in [2.45, 2.75) is 0 Å². The molecule has 0 aromatic carbocycles. The molecule has 0 aliphatic carbocycles. The monoisotopic (exact) mass is 213 g/mol. The van der Waals surface area contributed by atoms with Crippen molar-refractivity contribution in [2.75, 3.05) is 30.3 Å². The molecule has 0 spiro atoms. The third-order valence-electron chi connectivity index (χ3n) is 2.27. The maximum absolute atomic E-state index is 12.6. The van der Waals surface area contributed by atoms with Gasteiger partial charge in [-0.05, 0) is 12.1 Å². The molecule has 1 aromatic heterocycles. The maximum atomic E-state index is 12.6. The van der Waals surface area contributed by atoms with Crippen LogP contribution in [0.2, 0.25) is 0 Å². The summed E-state index contributed by atoms with van der Waals surface area (Å²) in [5, 5.41) is 0. The van der Waals surface area contributed by atoms with Gasteiger partial charge in [-0.15, -0.1) is 0 Å². The van der Waals surface area contributed by atoms with Crippen LogP contribution >= 0.6 is 7.80 Å². The van der Waals surface area contributed by atoms with Crippen LogP contribution in [0.4, 0.5) is 10.2 Å². The van der Waals surface area contributed by atoms with Gasteiger partial charge in [0.25, 0.3) is 0 Å². The van der Waals surface area contributed by atoms with Crippen molar-refractivity contribution >= 4 is 13.6 Å². The van der Waals surface area contributed by atoms with Crippen LogP contribution in [-0.4, -0.2) is 30.4 Å². The minimum atomic E-state index is -1.01. The van der Waals surface area contributed by atoms with E-state index < -0.39 is 7.80 Å². The molecule has 2 heterocycles. The zero-order chi connectivity index (χ0) is 9.97. The van der Waals surface area contributed by atoms with Gasteiger partial charge in [-0.1, -0.05) is 4.57 Å². The zero-order valence-electron chi connectivity index (χ0n) is 7.69. The predicted molar refractivity (Wildman–Crippen MR) is 53.7 cm³/mol. The van der Waals surface area contributed by atoms with Crippen LogP contribution in [0.5, 0.6) is 0 Å². The quantitative estimate of drug-likeness (QED) is 0.667. The Hall–Kier alpha value is -1.02. The van der Waals surface area contributed by atoms with Crippen LogP contribution in [0.15, 0.2) is 18.3 Å². The fourth-order valence-electron chi connectivity index (χ4n) is 1.47. The van der Waals surface area contributed by atoms with Crippen molar-refractivity contribution in [1.82, 2.24) is 4.98 Å². The number of hydrogen-bond donors (Lipinski definition) is 0. The number of aromatic nitrogens is 1. The maximum Gasteiger partial charge on any atom is 0.342 e. The Bertz CT molecular complexity index is 331. The molecule has 5 heteroatoms. The summed E-state index contributed by atoms with van der Waals surface area (Å²) in [7, 11) is -1.01. The van der Waals surface area contributed by atoms with E-state index in [2.05, 4.69) is 4.98 Å². The molecular formula is C9H11FN2OP+. The lowest BCUT2D eigenvalue weighted by molar-refractivity contribution is 0.581. The van der Waals surface area contributed by atoms with E-state index in [1.165, 1.54) is 12.3 Å². The molecule has 1 fully saturated rings. The third-order valence-corrected chi connectivity index (χ3v) is 3.67. The lowest BCUT2D eigenvalue weighted by Crippen LogP contribution is -2.33. The van der Waals surface area contributed by atoms with Gasteiger partial charge in [0, 0.05) is 0 Å². The summed E-state index contributed by atoms with van der Waals surface area (Å²) in [5.41, 5.74) is 0. The summed E-state index contributed by atoms with van der Waals surface area (Å²) in [6, 6.07) is 3.06. The molecule has 14 heavy (non-hydrogen) atoms. The van der Waals surface area contributed by atoms with Gasteiger partial charge < -0.3 is 4.90 Å². The van der Waals surface area contributed by atoms with E-state index in [1.807, 2.05) is 4.90 Å². The molecule has 0 atom stereocenters. The molecule has 1 aliphatic rings. The molecule has 0 N–H and O–H groups in total. The summed E-state index contributed by atoms with van der Waals surface area (Å²) in [6.45, 7) is 1.52. The highest BCUT2D eigenvalue weighted by Gasteiger charge is 2.25. The molecular weight excluding hydrogens is 202 g/mol. The summed E-state index contributed by atoms with van der Waals surface area (Å²) < 4.78 is 23.7. The minimum absolute atomic E-state index is 0.322. The van der Waals surface area contributed by atoms with Crippen molar-refractivity contribution in [3.8, 4) is 0 Å². The summed E-state index contributed by atoms with van der Waals surface area (Å²) in [5.74, 6) is 0.450. The number of halogens is 1. The SMILES string of the molecule is O=[P+]1CCN(c2ccc(F)cn2)CC1. The van der Waals surface area contributed by atoms with Gasteiger partial charge in [0.15, 0.2) is 12.3 Å². The molecule has 0 unspecified atom stereocenters. The largest absolute Gasteiger partial charge is 0.348 e. The van der Waals surface area contributed by atoms with E-state index in [1.54, 1.807) is 6.07 Å². The average molecular weight is 213 g/mol. The van der Waals surface area contributed by atoms with Crippen molar-refractivity contribution in [2.24, 2.45) is 0 Å². The van der Waals surface area contributed by atoms with E-state index in [9.17, 15) is 8.96 Å². The van der Waals surface area contributed by atoms with Crippen molar-refractivity contribution in [1.29, 1.82) is 0 Å². The standard InChI is InChI=1S/C9H11FN2OP/c10-8-1-2-9(11-7-8)12-3-5-14(13)6-4-12/h1-2,7H,3-6H2/q+1. The van der Waals surface area contributed by atoms with Crippen LogP contribution in [0.1, 0.15) is 0 Å². The van der Waals surface area contributed by atoms with Crippen molar-refractivity contribution in [3.05, 3.63) is 24.1 Å². The van der Waals surface area contributed by atoms with Gasteiger partial charge in [-0.25, -0.2) is 9.37 Å². The van der Waals surface area contributed by atoms with E-state index in [0.717, 1.165) is 18.9 Å². The number of nitrogens with zero attached hydrogens (tertiary/aromatic N) is 2. The van der Waals surface area contributed by atoms with Gasteiger partial charge in [0.1, 0.15) is 11.6 Å². The Labute approximate surface area is 82.7 Å². The Balaban J connectivity index is 2.08. The van der Waals surface area contributed by atoms with Gasteiger partial charge in [0.05, 0.1) is 19.3 Å². The lowest BCUT2D eigenvalue weighted by atomic mass is 10.4. The van der Waals surface area contributed by atoms with Crippen LogP contribution < -0.4 is 4.90 Å². The first-order valence-corrected chi connectivity index (χ1v) is 6.17. The smallest absolute Gasteiger partial charge is 0.342 e. The summed E-state index contributed by atoms with van der Waals surface area (Å²) >= 11 is 0. The predicted octanol–water partition coefficient (Wildman–Crippen LogP) is 1.87. The first kappa shape index (κ1) is 9.53. The third kappa shape index (κ3) is 2.07. The second-order valence-corrected chi connectivity index (χ2v) is 5.11. The molecule has 2 rings (SSSR count). The van der Waals surface area contributed by atoms with Crippen molar-refractivity contribution < 1.29 is 8.96 Å². The summed E-state index contributed by atoms with van der Waals surface area (Å²) in [6.07, 6.45) is 2.65. The second kappa shape index (κ2) is 4.01. The molecule has 1 saturated heterocycles. The molecule has 0 bridgehead atoms. The van der Waals surface area contributed by atoms with E-state index >= 15 is 0 Å². The first-order valence-electron chi connectivity index (χ1n) is 4.54. The lowest BCUT2D eigenvalue weighted by Gasteiger charge is -2.22. The number of rotatable bonds is 1. The molecule has 0 saturated carbocycles. The molecule has 74 valence electrons. The number of pyridine rings is 1. The fraction of sp³-hybridized carbons (Fsp3) is 0.444. The first-order chi connectivity index (χ1) is 6.75. The second-order valence-electron chi connectivity index (χ2n) is 3.25.